The first-order valence-corrected chi connectivity index (χ1v) is 6.40. The van der Waals surface area contributed by atoms with Crippen LogP contribution in [-0.4, -0.2) is 37.9 Å². The van der Waals surface area contributed by atoms with Gasteiger partial charge in [0, 0.05) is 12.1 Å². The standard InChI is InChI=1S/C12H13Cl2N3O3/c1-15-10(18)5-16-11(19)6-17-12(20)8-3-2-7(13)4-9(8)14/h2-4H,5-6H2,1H3,(H,15,18)(H,16,19)(H,17,20). The summed E-state index contributed by atoms with van der Waals surface area (Å²) in [6.07, 6.45) is 0. The zero-order valence-electron chi connectivity index (χ0n) is 10.6. The van der Waals surface area contributed by atoms with Crippen molar-refractivity contribution in [3.05, 3.63) is 33.8 Å². The number of carbonyl (C=O) groups is 3. The van der Waals surface area contributed by atoms with E-state index in [1.807, 2.05) is 0 Å². The minimum Gasteiger partial charge on any atom is -0.358 e. The van der Waals surface area contributed by atoms with E-state index in [9.17, 15) is 14.4 Å². The summed E-state index contributed by atoms with van der Waals surface area (Å²) in [5, 5.41) is 7.69. The predicted molar refractivity (Wildman–Crippen MR) is 75.9 cm³/mol. The van der Waals surface area contributed by atoms with Gasteiger partial charge in [0.2, 0.25) is 11.8 Å². The molecule has 0 spiro atoms. The highest BCUT2D eigenvalue weighted by Gasteiger charge is 2.12. The Morgan fingerprint density at radius 3 is 2.30 bits per heavy atom. The van der Waals surface area contributed by atoms with Crippen molar-refractivity contribution in [3.8, 4) is 0 Å². The third kappa shape index (κ3) is 5.07. The summed E-state index contributed by atoms with van der Waals surface area (Å²) in [6, 6.07) is 4.42. The molecule has 1 aromatic rings. The van der Waals surface area contributed by atoms with Gasteiger partial charge in [-0.05, 0) is 18.2 Å². The summed E-state index contributed by atoms with van der Waals surface area (Å²) in [4.78, 5) is 34.1. The lowest BCUT2D eigenvalue weighted by atomic mass is 10.2. The minimum absolute atomic E-state index is 0.146. The van der Waals surface area contributed by atoms with Crippen LogP contribution >= 0.6 is 23.2 Å². The Labute approximate surface area is 125 Å². The number of halogens is 2. The number of likely N-dealkylation sites (N-methyl/N-ethyl adjacent to an activating group) is 1. The number of hydrogen-bond acceptors (Lipinski definition) is 3. The lowest BCUT2D eigenvalue weighted by Crippen LogP contribution is -2.41. The molecular weight excluding hydrogens is 305 g/mol. The highest BCUT2D eigenvalue weighted by molar-refractivity contribution is 6.36. The molecule has 0 aromatic heterocycles. The molecule has 1 rings (SSSR count). The van der Waals surface area contributed by atoms with Crippen LogP contribution in [0.5, 0.6) is 0 Å². The average Bonchev–Trinajstić information content (AvgIpc) is 2.42. The van der Waals surface area contributed by atoms with Crippen molar-refractivity contribution in [2.75, 3.05) is 20.1 Å². The summed E-state index contributed by atoms with van der Waals surface area (Å²) in [5.41, 5.74) is 0.218. The number of rotatable bonds is 5. The summed E-state index contributed by atoms with van der Waals surface area (Å²) in [5.74, 6) is -1.31. The average molecular weight is 318 g/mol. The summed E-state index contributed by atoms with van der Waals surface area (Å²) in [6.45, 7) is -0.401. The number of amides is 3. The van der Waals surface area contributed by atoms with Gasteiger partial charge >= 0.3 is 0 Å². The van der Waals surface area contributed by atoms with E-state index in [1.165, 1.54) is 25.2 Å². The molecule has 0 aliphatic carbocycles. The van der Waals surface area contributed by atoms with Crippen molar-refractivity contribution < 1.29 is 14.4 Å². The fraction of sp³-hybridized carbons (Fsp3) is 0.250. The van der Waals surface area contributed by atoms with E-state index in [1.54, 1.807) is 0 Å². The van der Waals surface area contributed by atoms with E-state index in [4.69, 9.17) is 23.2 Å². The van der Waals surface area contributed by atoms with Gasteiger partial charge in [-0.1, -0.05) is 23.2 Å². The lowest BCUT2D eigenvalue weighted by molar-refractivity contribution is -0.125. The Morgan fingerprint density at radius 1 is 1.05 bits per heavy atom. The van der Waals surface area contributed by atoms with Crippen LogP contribution in [0.25, 0.3) is 0 Å². The minimum atomic E-state index is -0.498. The molecular formula is C12H13Cl2N3O3. The largest absolute Gasteiger partial charge is 0.358 e. The summed E-state index contributed by atoms with van der Waals surface area (Å²) >= 11 is 11.6. The van der Waals surface area contributed by atoms with Gasteiger partial charge in [0.1, 0.15) is 0 Å². The monoisotopic (exact) mass is 317 g/mol. The molecule has 0 unspecified atom stereocenters. The van der Waals surface area contributed by atoms with Gasteiger partial charge in [0.05, 0.1) is 23.7 Å². The van der Waals surface area contributed by atoms with E-state index in [0.717, 1.165) is 0 Å². The van der Waals surface area contributed by atoms with Gasteiger partial charge in [-0.2, -0.15) is 0 Å². The fourth-order valence-electron chi connectivity index (χ4n) is 1.26. The fourth-order valence-corrected chi connectivity index (χ4v) is 1.75. The van der Waals surface area contributed by atoms with E-state index in [-0.39, 0.29) is 29.6 Å². The third-order valence-corrected chi connectivity index (χ3v) is 2.86. The maximum Gasteiger partial charge on any atom is 0.253 e. The topological polar surface area (TPSA) is 87.3 Å². The summed E-state index contributed by atoms with van der Waals surface area (Å²) < 4.78 is 0. The van der Waals surface area contributed by atoms with Gasteiger partial charge in [-0.3, -0.25) is 14.4 Å². The van der Waals surface area contributed by atoms with Crippen LogP contribution in [0, 0.1) is 0 Å². The smallest absolute Gasteiger partial charge is 0.253 e. The molecule has 0 saturated carbocycles. The second-order valence-electron chi connectivity index (χ2n) is 3.76. The van der Waals surface area contributed by atoms with Crippen molar-refractivity contribution in [1.29, 1.82) is 0 Å². The van der Waals surface area contributed by atoms with E-state index in [2.05, 4.69) is 16.0 Å². The van der Waals surface area contributed by atoms with Crippen LogP contribution in [0.15, 0.2) is 18.2 Å². The lowest BCUT2D eigenvalue weighted by Gasteiger charge is -2.07. The molecule has 0 bridgehead atoms. The first kappa shape index (κ1) is 16.3. The number of hydrogen-bond donors (Lipinski definition) is 3. The number of carbonyl (C=O) groups excluding carboxylic acids is 3. The molecule has 0 fully saturated rings. The highest BCUT2D eigenvalue weighted by Crippen LogP contribution is 2.20. The molecule has 0 aliphatic heterocycles. The zero-order chi connectivity index (χ0) is 15.1. The SMILES string of the molecule is CNC(=O)CNC(=O)CNC(=O)c1ccc(Cl)cc1Cl. The molecule has 6 nitrogen and oxygen atoms in total. The molecule has 3 N–H and O–H groups in total. The number of benzene rings is 1. The molecule has 3 amide bonds. The van der Waals surface area contributed by atoms with Gasteiger partial charge in [0.15, 0.2) is 0 Å². The predicted octanol–water partition coefficient (Wildman–Crippen LogP) is 0.585. The van der Waals surface area contributed by atoms with Crippen molar-refractivity contribution in [2.24, 2.45) is 0 Å². The maximum atomic E-state index is 11.8. The molecule has 0 saturated heterocycles. The Hall–Kier alpha value is -1.79. The van der Waals surface area contributed by atoms with Crippen molar-refractivity contribution >= 4 is 40.9 Å². The maximum absolute atomic E-state index is 11.8. The van der Waals surface area contributed by atoms with Gasteiger partial charge in [-0.15, -0.1) is 0 Å². The molecule has 1 aromatic carbocycles. The molecule has 108 valence electrons. The van der Waals surface area contributed by atoms with Crippen LogP contribution in [-0.2, 0) is 9.59 Å². The Kier molecular flexibility index (Phi) is 6.27. The first-order chi connectivity index (χ1) is 9.43. The second-order valence-corrected chi connectivity index (χ2v) is 4.60. The van der Waals surface area contributed by atoms with Crippen LogP contribution < -0.4 is 16.0 Å². The Bertz CT molecular complexity index is 535. The molecule has 0 heterocycles. The molecule has 0 atom stereocenters. The quantitative estimate of drug-likeness (QED) is 0.742. The van der Waals surface area contributed by atoms with Gasteiger partial charge in [0.25, 0.3) is 5.91 Å². The van der Waals surface area contributed by atoms with E-state index < -0.39 is 11.8 Å². The van der Waals surface area contributed by atoms with E-state index in [0.29, 0.717) is 5.02 Å². The van der Waals surface area contributed by atoms with Gasteiger partial charge in [-0.25, -0.2) is 0 Å². The summed E-state index contributed by atoms with van der Waals surface area (Å²) in [7, 11) is 1.46. The first-order valence-electron chi connectivity index (χ1n) is 5.64. The van der Waals surface area contributed by atoms with Crippen LogP contribution in [0.4, 0.5) is 0 Å². The molecule has 0 radical (unpaired) electrons. The van der Waals surface area contributed by atoms with Crippen molar-refractivity contribution in [2.45, 2.75) is 0 Å². The third-order valence-electron chi connectivity index (χ3n) is 2.31. The highest BCUT2D eigenvalue weighted by atomic mass is 35.5. The Balaban J connectivity index is 2.47. The normalized spacial score (nSPS) is 9.75. The van der Waals surface area contributed by atoms with Crippen LogP contribution in [0.1, 0.15) is 10.4 Å². The molecule has 20 heavy (non-hydrogen) atoms. The second kappa shape index (κ2) is 7.72. The van der Waals surface area contributed by atoms with Crippen molar-refractivity contribution in [3.63, 3.8) is 0 Å². The van der Waals surface area contributed by atoms with Crippen LogP contribution in [0.2, 0.25) is 10.0 Å². The molecule has 0 aliphatic rings. The van der Waals surface area contributed by atoms with Crippen LogP contribution in [0.3, 0.4) is 0 Å². The number of nitrogens with one attached hydrogen (secondary N) is 3. The van der Waals surface area contributed by atoms with Crippen molar-refractivity contribution in [1.82, 2.24) is 16.0 Å². The Morgan fingerprint density at radius 2 is 1.70 bits per heavy atom. The molecule has 8 heteroatoms. The van der Waals surface area contributed by atoms with Gasteiger partial charge < -0.3 is 16.0 Å². The van der Waals surface area contributed by atoms with E-state index >= 15 is 0 Å². The zero-order valence-corrected chi connectivity index (χ0v) is 12.1.